The second-order valence-corrected chi connectivity index (χ2v) is 4.19. The number of ether oxygens (including phenoxy) is 2. The number of ketones is 1. The molecule has 2 aromatic rings. The van der Waals surface area contributed by atoms with E-state index in [1.165, 1.54) is 0 Å². The van der Waals surface area contributed by atoms with Crippen molar-refractivity contribution >= 4 is 5.78 Å². The van der Waals surface area contributed by atoms with Gasteiger partial charge in [-0.05, 0) is 38.1 Å². The number of hydrogen-bond acceptors (Lipinski definition) is 3. The second-order valence-electron chi connectivity index (χ2n) is 4.19. The first kappa shape index (κ1) is 14.1. The predicted molar refractivity (Wildman–Crippen MR) is 78.7 cm³/mol. The number of rotatable bonds is 6. The Kier molecular flexibility index (Phi) is 4.77. The summed E-state index contributed by atoms with van der Waals surface area (Å²) in [6.45, 7) is 4.85. The lowest BCUT2D eigenvalue weighted by Gasteiger charge is -2.12. The molecule has 0 aliphatic rings. The fourth-order valence-corrected chi connectivity index (χ4v) is 2.02. The maximum absolute atomic E-state index is 12.7. The van der Waals surface area contributed by atoms with Crippen LogP contribution in [0.25, 0.3) is 0 Å². The highest BCUT2D eigenvalue weighted by Crippen LogP contribution is 2.26. The van der Waals surface area contributed by atoms with E-state index < -0.39 is 0 Å². The van der Waals surface area contributed by atoms with Crippen molar-refractivity contribution in [3.05, 3.63) is 59.7 Å². The minimum atomic E-state index is -0.0851. The van der Waals surface area contributed by atoms with E-state index in [1.54, 1.807) is 24.3 Å². The van der Waals surface area contributed by atoms with Gasteiger partial charge in [0.15, 0.2) is 5.78 Å². The average molecular weight is 270 g/mol. The number of benzene rings is 2. The summed E-state index contributed by atoms with van der Waals surface area (Å²) in [6.07, 6.45) is 0. The summed E-state index contributed by atoms with van der Waals surface area (Å²) in [4.78, 5) is 12.7. The van der Waals surface area contributed by atoms with Gasteiger partial charge in [-0.2, -0.15) is 0 Å². The Bertz CT molecular complexity index is 539. The van der Waals surface area contributed by atoms with Gasteiger partial charge in [-0.1, -0.05) is 24.3 Å². The van der Waals surface area contributed by atoms with Crippen molar-refractivity contribution in [2.45, 2.75) is 13.8 Å². The fraction of sp³-hybridized carbons (Fsp3) is 0.235. The van der Waals surface area contributed by atoms with Crippen molar-refractivity contribution in [3.63, 3.8) is 0 Å². The zero-order valence-electron chi connectivity index (χ0n) is 11.8. The van der Waals surface area contributed by atoms with Crippen molar-refractivity contribution in [1.82, 2.24) is 0 Å². The lowest BCUT2D eigenvalue weighted by molar-refractivity contribution is 0.103. The molecule has 0 aliphatic heterocycles. The molecular formula is C17H18O3. The van der Waals surface area contributed by atoms with Crippen molar-refractivity contribution in [1.29, 1.82) is 0 Å². The standard InChI is InChI=1S/C17H18O3/c1-3-19-15-11-7-5-9-13(15)17(18)14-10-6-8-12-16(14)20-4-2/h5-12H,3-4H2,1-2H3. The lowest BCUT2D eigenvalue weighted by atomic mass is 10.0. The van der Waals surface area contributed by atoms with Crippen molar-refractivity contribution in [3.8, 4) is 11.5 Å². The third-order valence-electron chi connectivity index (χ3n) is 2.86. The summed E-state index contributed by atoms with van der Waals surface area (Å²) in [7, 11) is 0. The van der Waals surface area contributed by atoms with Crippen LogP contribution in [0.15, 0.2) is 48.5 Å². The molecule has 0 saturated carbocycles. The Morgan fingerprint density at radius 2 is 1.20 bits per heavy atom. The molecule has 3 heteroatoms. The molecule has 0 radical (unpaired) electrons. The van der Waals surface area contributed by atoms with Crippen molar-refractivity contribution in [2.24, 2.45) is 0 Å². The molecule has 0 unspecified atom stereocenters. The Balaban J connectivity index is 2.41. The lowest BCUT2D eigenvalue weighted by Crippen LogP contribution is -2.07. The van der Waals surface area contributed by atoms with Crippen LogP contribution in [-0.2, 0) is 0 Å². The molecule has 0 bridgehead atoms. The molecule has 0 spiro atoms. The number of carbonyl (C=O) groups excluding carboxylic acids is 1. The van der Waals surface area contributed by atoms with Crippen LogP contribution in [0.2, 0.25) is 0 Å². The Labute approximate surface area is 119 Å². The quantitative estimate of drug-likeness (QED) is 0.750. The average Bonchev–Trinajstić information content (AvgIpc) is 2.48. The van der Waals surface area contributed by atoms with E-state index in [-0.39, 0.29) is 5.78 Å². The maximum Gasteiger partial charge on any atom is 0.200 e. The van der Waals surface area contributed by atoms with Gasteiger partial charge in [0.25, 0.3) is 0 Å². The normalized spacial score (nSPS) is 10.1. The van der Waals surface area contributed by atoms with Crippen LogP contribution in [0.3, 0.4) is 0 Å². The fourth-order valence-electron chi connectivity index (χ4n) is 2.02. The van der Waals surface area contributed by atoms with Gasteiger partial charge < -0.3 is 9.47 Å². The van der Waals surface area contributed by atoms with Gasteiger partial charge >= 0.3 is 0 Å². The summed E-state index contributed by atoms with van der Waals surface area (Å²) < 4.78 is 11.0. The molecule has 0 aliphatic carbocycles. The molecule has 0 N–H and O–H groups in total. The monoisotopic (exact) mass is 270 g/mol. The van der Waals surface area contributed by atoms with E-state index in [9.17, 15) is 4.79 Å². The minimum Gasteiger partial charge on any atom is -0.493 e. The van der Waals surface area contributed by atoms with Crippen molar-refractivity contribution in [2.75, 3.05) is 13.2 Å². The molecule has 0 amide bonds. The van der Waals surface area contributed by atoms with E-state index in [0.717, 1.165) is 0 Å². The van der Waals surface area contributed by atoms with E-state index in [2.05, 4.69) is 0 Å². The van der Waals surface area contributed by atoms with Gasteiger partial charge in [0, 0.05) is 0 Å². The molecule has 0 atom stereocenters. The Morgan fingerprint density at radius 1 is 0.800 bits per heavy atom. The number of hydrogen-bond donors (Lipinski definition) is 0. The molecular weight excluding hydrogens is 252 g/mol. The van der Waals surface area contributed by atoms with Crippen LogP contribution < -0.4 is 9.47 Å². The van der Waals surface area contributed by atoms with E-state index >= 15 is 0 Å². The first-order valence-electron chi connectivity index (χ1n) is 6.76. The number of carbonyl (C=O) groups is 1. The van der Waals surface area contributed by atoms with E-state index in [1.807, 2.05) is 38.1 Å². The molecule has 20 heavy (non-hydrogen) atoms. The molecule has 2 aromatic carbocycles. The van der Waals surface area contributed by atoms with Crippen molar-refractivity contribution < 1.29 is 14.3 Å². The number of para-hydroxylation sites is 2. The second kappa shape index (κ2) is 6.75. The van der Waals surface area contributed by atoms with Crippen LogP contribution in [-0.4, -0.2) is 19.0 Å². The van der Waals surface area contributed by atoms with Crippen LogP contribution >= 0.6 is 0 Å². The van der Waals surface area contributed by atoms with E-state index in [4.69, 9.17) is 9.47 Å². The van der Waals surface area contributed by atoms with Gasteiger partial charge in [0.1, 0.15) is 11.5 Å². The third kappa shape index (κ3) is 2.99. The first-order chi connectivity index (χ1) is 9.77. The molecule has 104 valence electrons. The Morgan fingerprint density at radius 3 is 1.60 bits per heavy atom. The molecule has 3 nitrogen and oxygen atoms in total. The summed E-state index contributed by atoms with van der Waals surface area (Å²) in [6, 6.07) is 14.5. The smallest absolute Gasteiger partial charge is 0.200 e. The van der Waals surface area contributed by atoms with Crippen LogP contribution in [0.4, 0.5) is 0 Å². The van der Waals surface area contributed by atoms with Gasteiger partial charge in [0.05, 0.1) is 24.3 Å². The molecule has 0 aromatic heterocycles. The zero-order chi connectivity index (χ0) is 14.4. The maximum atomic E-state index is 12.7. The predicted octanol–water partition coefficient (Wildman–Crippen LogP) is 3.72. The summed E-state index contributed by atoms with van der Waals surface area (Å²) >= 11 is 0. The van der Waals surface area contributed by atoms with Crippen LogP contribution in [0, 0.1) is 0 Å². The van der Waals surface area contributed by atoms with Gasteiger partial charge in [-0.25, -0.2) is 0 Å². The van der Waals surface area contributed by atoms with Gasteiger partial charge in [0.2, 0.25) is 0 Å². The highest BCUT2D eigenvalue weighted by molar-refractivity contribution is 6.12. The zero-order valence-corrected chi connectivity index (χ0v) is 11.8. The largest absolute Gasteiger partial charge is 0.493 e. The van der Waals surface area contributed by atoms with Crippen LogP contribution in [0.1, 0.15) is 29.8 Å². The summed E-state index contributed by atoms with van der Waals surface area (Å²) in [5.74, 6) is 1.12. The first-order valence-corrected chi connectivity index (χ1v) is 6.76. The SMILES string of the molecule is CCOc1ccccc1C(=O)c1ccccc1OCC. The van der Waals surface area contributed by atoms with Gasteiger partial charge in [-0.15, -0.1) is 0 Å². The highest BCUT2D eigenvalue weighted by Gasteiger charge is 2.17. The molecule has 2 rings (SSSR count). The van der Waals surface area contributed by atoms with Crippen LogP contribution in [0.5, 0.6) is 11.5 Å². The van der Waals surface area contributed by atoms with Gasteiger partial charge in [-0.3, -0.25) is 4.79 Å². The summed E-state index contributed by atoms with van der Waals surface area (Å²) in [5.41, 5.74) is 1.11. The molecule has 0 heterocycles. The van der Waals surface area contributed by atoms with E-state index in [0.29, 0.717) is 35.8 Å². The summed E-state index contributed by atoms with van der Waals surface area (Å²) in [5, 5.41) is 0. The highest BCUT2D eigenvalue weighted by atomic mass is 16.5. The topological polar surface area (TPSA) is 35.5 Å². The molecule has 0 fully saturated rings. The molecule has 0 saturated heterocycles. The Hall–Kier alpha value is -2.29. The third-order valence-corrected chi connectivity index (χ3v) is 2.86. The minimum absolute atomic E-state index is 0.0851.